The van der Waals surface area contributed by atoms with Gasteiger partial charge in [0, 0.05) is 4.47 Å². The molecule has 1 aromatic rings. The Morgan fingerprint density at radius 3 is 2.17 bits per heavy atom. The first-order valence-electron chi connectivity index (χ1n) is 4.66. The number of hydrogen-bond donors (Lipinski definition) is 0. The van der Waals surface area contributed by atoms with Crippen molar-refractivity contribution in [2.75, 3.05) is 6.61 Å². The highest BCUT2D eigenvalue weighted by Crippen LogP contribution is 2.37. The Hall–Kier alpha value is -0.920. The van der Waals surface area contributed by atoms with E-state index in [1.807, 2.05) is 0 Å². The summed E-state index contributed by atoms with van der Waals surface area (Å²) in [5, 5.41) is 0. The molecule has 0 aliphatic rings. The smallest absolute Gasteiger partial charge is 0.419 e. The predicted octanol–water partition coefficient (Wildman–Crippen LogP) is 4.80. The third kappa shape index (κ3) is 4.75. The van der Waals surface area contributed by atoms with Crippen molar-refractivity contribution >= 4 is 15.9 Å². The fourth-order valence-electron chi connectivity index (χ4n) is 1.13. The van der Waals surface area contributed by atoms with Gasteiger partial charge in [-0.05, 0) is 18.2 Å². The molecule has 0 amide bonds. The molecule has 0 unspecified atom stereocenters. The van der Waals surface area contributed by atoms with Crippen LogP contribution >= 0.6 is 15.9 Å². The van der Waals surface area contributed by atoms with E-state index in [0.717, 1.165) is 18.2 Å². The van der Waals surface area contributed by atoms with Crippen molar-refractivity contribution in [3.8, 4) is 5.75 Å². The van der Waals surface area contributed by atoms with E-state index in [9.17, 15) is 26.3 Å². The normalized spacial score (nSPS) is 12.6. The SMILES string of the molecule is FC(F)(F)CCOc1cc(Br)ccc1C(F)(F)F. The molecular formula is C10H7BrF6O. The molecule has 0 bridgehead atoms. The maximum Gasteiger partial charge on any atom is 0.419 e. The number of hydrogen-bond acceptors (Lipinski definition) is 1. The van der Waals surface area contributed by atoms with Crippen molar-refractivity contribution in [3.05, 3.63) is 28.2 Å². The monoisotopic (exact) mass is 336 g/mol. The van der Waals surface area contributed by atoms with Crippen LogP contribution in [0.4, 0.5) is 26.3 Å². The zero-order valence-corrected chi connectivity index (χ0v) is 10.3. The van der Waals surface area contributed by atoms with Gasteiger partial charge in [0.05, 0.1) is 18.6 Å². The van der Waals surface area contributed by atoms with Crippen LogP contribution in [0.1, 0.15) is 12.0 Å². The summed E-state index contributed by atoms with van der Waals surface area (Å²) in [5.41, 5.74) is -1.10. The second-order valence-electron chi connectivity index (χ2n) is 3.35. The van der Waals surface area contributed by atoms with Crippen LogP contribution < -0.4 is 4.74 Å². The molecule has 0 atom stereocenters. The van der Waals surface area contributed by atoms with Gasteiger partial charge in [-0.3, -0.25) is 0 Å². The van der Waals surface area contributed by atoms with Crippen molar-refractivity contribution in [2.45, 2.75) is 18.8 Å². The van der Waals surface area contributed by atoms with Crippen LogP contribution in [0, 0.1) is 0 Å². The van der Waals surface area contributed by atoms with Gasteiger partial charge in [-0.2, -0.15) is 26.3 Å². The van der Waals surface area contributed by atoms with Crippen LogP contribution in [-0.2, 0) is 6.18 Å². The number of benzene rings is 1. The first-order chi connectivity index (χ1) is 8.09. The zero-order valence-electron chi connectivity index (χ0n) is 8.70. The van der Waals surface area contributed by atoms with E-state index < -0.39 is 36.7 Å². The lowest BCUT2D eigenvalue weighted by atomic mass is 10.2. The van der Waals surface area contributed by atoms with Crippen LogP contribution in [0.2, 0.25) is 0 Å². The van der Waals surface area contributed by atoms with Gasteiger partial charge in [-0.25, -0.2) is 0 Å². The largest absolute Gasteiger partial charge is 0.493 e. The number of ether oxygens (including phenoxy) is 1. The number of alkyl halides is 6. The predicted molar refractivity (Wildman–Crippen MR) is 55.3 cm³/mol. The third-order valence-electron chi connectivity index (χ3n) is 1.89. The molecule has 1 aromatic carbocycles. The van der Waals surface area contributed by atoms with Gasteiger partial charge in [0.25, 0.3) is 0 Å². The molecule has 0 saturated carbocycles. The fourth-order valence-corrected chi connectivity index (χ4v) is 1.47. The topological polar surface area (TPSA) is 9.23 Å². The fraction of sp³-hybridized carbons (Fsp3) is 0.400. The molecule has 0 radical (unpaired) electrons. The van der Waals surface area contributed by atoms with Gasteiger partial charge in [0.1, 0.15) is 5.75 Å². The molecule has 8 heteroatoms. The quantitative estimate of drug-likeness (QED) is 0.720. The average Bonchev–Trinajstić information content (AvgIpc) is 2.13. The van der Waals surface area contributed by atoms with Crippen LogP contribution in [0.15, 0.2) is 22.7 Å². The van der Waals surface area contributed by atoms with Crippen LogP contribution in [0.25, 0.3) is 0 Å². The molecule has 0 fully saturated rings. The average molecular weight is 337 g/mol. The van der Waals surface area contributed by atoms with E-state index in [4.69, 9.17) is 0 Å². The maximum absolute atomic E-state index is 12.5. The molecule has 102 valence electrons. The maximum atomic E-state index is 12.5. The summed E-state index contributed by atoms with van der Waals surface area (Å²) in [7, 11) is 0. The lowest BCUT2D eigenvalue weighted by molar-refractivity contribution is -0.143. The Labute approximate surface area is 107 Å². The molecule has 0 saturated heterocycles. The van der Waals surface area contributed by atoms with Gasteiger partial charge in [-0.15, -0.1) is 0 Å². The Bertz CT molecular complexity index is 412. The number of halogens is 7. The van der Waals surface area contributed by atoms with Crippen LogP contribution in [-0.4, -0.2) is 12.8 Å². The Morgan fingerprint density at radius 1 is 1.06 bits per heavy atom. The summed E-state index contributed by atoms with van der Waals surface area (Å²) in [5.74, 6) is -0.624. The van der Waals surface area contributed by atoms with Crippen LogP contribution in [0.5, 0.6) is 5.75 Å². The molecule has 0 aliphatic heterocycles. The second kappa shape index (κ2) is 5.38. The van der Waals surface area contributed by atoms with Gasteiger partial charge < -0.3 is 4.74 Å². The molecule has 1 rings (SSSR count). The van der Waals surface area contributed by atoms with Crippen molar-refractivity contribution in [1.82, 2.24) is 0 Å². The highest BCUT2D eigenvalue weighted by Gasteiger charge is 2.35. The minimum atomic E-state index is -4.67. The minimum Gasteiger partial charge on any atom is -0.493 e. The van der Waals surface area contributed by atoms with Gasteiger partial charge in [0.15, 0.2) is 0 Å². The lowest BCUT2D eigenvalue weighted by Gasteiger charge is -2.14. The third-order valence-corrected chi connectivity index (χ3v) is 2.39. The van der Waals surface area contributed by atoms with Gasteiger partial charge in [-0.1, -0.05) is 15.9 Å². The molecule has 18 heavy (non-hydrogen) atoms. The van der Waals surface area contributed by atoms with E-state index in [1.54, 1.807) is 0 Å². The summed E-state index contributed by atoms with van der Waals surface area (Å²) >= 11 is 2.92. The molecule has 1 nitrogen and oxygen atoms in total. The van der Waals surface area contributed by atoms with Gasteiger partial charge in [0.2, 0.25) is 0 Å². The van der Waals surface area contributed by atoms with E-state index >= 15 is 0 Å². The molecular weight excluding hydrogens is 330 g/mol. The van der Waals surface area contributed by atoms with Crippen LogP contribution in [0.3, 0.4) is 0 Å². The molecule has 0 aliphatic carbocycles. The Balaban J connectivity index is 2.84. The second-order valence-corrected chi connectivity index (χ2v) is 4.27. The lowest BCUT2D eigenvalue weighted by Crippen LogP contribution is -2.15. The van der Waals surface area contributed by atoms with E-state index in [0.29, 0.717) is 0 Å². The number of rotatable bonds is 3. The molecule has 0 heterocycles. The minimum absolute atomic E-state index is 0.289. The van der Waals surface area contributed by atoms with Crippen molar-refractivity contribution in [3.63, 3.8) is 0 Å². The summed E-state index contributed by atoms with van der Waals surface area (Å²) < 4.78 is 78.0. The summed E-state index contributed by atoms with van der Waals surface area (Å²) in [4.78, 5) is 0. The zero-order chi connectivity index (χ0) is 14.0. The Morgan fingerprint density at radius 2 is 1.67 bits per heavy atom. The van der Waals surface area contributed by atoms with E-state index in [2.05, 4.69) is 20.7 Å². The summed E-state index contributed by atoms with van der Waals surface area (Å²) in [6.45, 7) is -0.858. The molecule has 0 spiro atoms. The Kier molecular flexibility index (Phi) is 4.52. The van der Waals surface area contributed by atoms with Crippen molar-refractivity contribution in [1.29, 1.82) is 0 Å². The highest BCUT2D eigenvalue weighted by molar-refractivity contribution is 9.10. The summed E-state index contributed by atoms with van der Waals surface area (Å²) in [6, 6.07) is 2.87. The van der Waals surface area contributed by atoms with Gasteiger partial charge >= 0.3 is 12.4 Å². The highest BCUT2D eigenvalue weighted by atomic mass is 79.9. The van der Waals surface area contributed by atoms with Crippen molar-refractivity contribution < 1.29 is 31.1 Å². The molecule has 0 aromatic heterocycles. The van der Waals surface area contributed by atoms with E-state index in [1.165, 1.54) is 0 Å². The summed E-state index contributed by atoms with van der Waals surface area (Å²) in [6.07, 6.45) is -10.4. The van der Waals surface area contributed by atoms with Crippen molar-refractivity contribution in [2.24, 2.45) is 0 Å². The first kappa shape index (κ1) is 15.1. The standard InChI is InChI=1S/C10H7BrF6O/c11-6-1-2-7(10(15,16)17)8(5-6)18-4-3-9(12,13)14/h1-2,5H,3-4H2. The first-order valence-corrected chi connectivity index (χ1v) is 5.45. The van der Waals surface area contributed by atoms with E-state index in [-0.39, 0.29) is 4.47 Å². The molecule has 0 N–H and O–H groups in total.